The molecular weight excluding hydrogens is 315 g/mol. The monoisotopic (exact) mass is 342 g/mol. The molecule has 3 rings (SSSR count). The van der Waals surface area contributed by atoms with Crippen LogP contribution in [0, 0.1) is 0 Å². The lowest BCUT2D eigenvalue weighted by atomic mass is 9.88. The molecule has 0 aromatic heterocycles. The lowest BCUT2D eigenvalue weighted by molar-refractivity contribution is 0.0364. The Morgan fingerprint density at radius 1 is 0.875 bits per heavy atom. The summed E-state index contributed by atoms with van der Waals surface area (Å²) in [4.78, 5) is 0. The zero-order chi connectivity index (χ0) is 17.0. The normalized spacial score (nSPS) is 25.7. The van der Waals surface area contributed by atoms with Gasteiger partial charge in [0.25, 0.3) is 0 Å². The molecule has 24 heavy (non-hydrogen) atoms. The second kappa shape index (κ2) is 7.25. The van der Waals surface area contributed by atoms with Crippen molar-refractivity contribution in [3.8, 4) is 0 Å². The van der Waals surface area contributed by atoms with Gasteiger partial charge < -0.3 is 9.67 Å². The van der Waals surface area contributed by atoms with Gasteiger partial charge >= 0.3 is 0 Å². The predicted molar refractivity (Wildman–Crippen MR) is 102 cm³/mol. The lowest BCUT2D eigenvalue weighted by Crippen LogP contribution is -2.44. The molecule has 2 aromatic rings. The van der Waals surface area contributed by atoms with Crippen LogP contribution in [0.25, 0.3) is 0 Å². The van der Waals surface area contributed by atoms with Gasteiger partial charge in [-0.25, -0.2) is 0 Å². The molecule has 1 N–H and O–H groups in total. The van der Waals surface area contributed by atoms with Crippen LogP contribution in [0.4, 0.5) is 0 Å². The van der Waals surface area contributed by atoms with Crippen LogP contribution in [-0.2, 0) is 4.57 Å². The Morgan fingerprint density at radius 2 is 1.38 bits per heavy atom. The standard InChI is InChI=1S/C21H27O2P/c1-21(22)17-11-3-2-10-16-20(21)24(23,18-12-6-4-7-13-18)19-14-8-5-9-15-19/h4-9,12-15,20,22H,2-3,10-11,16-17H2,1H3/t20-,21+/m1/s1. The summed E-state index contributed by atoms with van der Waals surface area (Å²) in [5.74, 6) is 0. The van der Waals surface area contributed by atoms with E-state index in [9.17, 15) is 9.67 Å². The minimum atomic E-state index is -2.92. The van der Waals surface area contributed by atoms with Crippen LogP contribution in [0.15, 0.2) is 60.7 Å². The van der Waals surface area contributed by atoms with Crippen molar-refractivity contribution in [2.45, 2.75) is 56.7 Å². The van der Waals surface area contributed by atoms with Crippen LogP contribution in [0.5, 0.6) is 0 Å². The first-order valence-corrected chi connectivity index (χ1v) is 10.8. The molecule has 1 saturated carbocycles. The molecule has 2 atom stereocenters. The summed E-state index contributed by atoms with van der Waals surface area (Å²) in [5, 5.41) is 13.0. The van der Waals surface area contributed by atoms with E-state index in [4.69, 9.17) is 0 Å². The Kier molecular flexibility index (Phi) is 5.27. The molecule has 1 fully saturated rings. The van der Waals surface area contributed by atoms with Crippen molar-refractivity contribution in [2.75, 3.05) is 0 Å². The van der Waals surface area contributed by atoms with Crippen molar-refractivity contribution in [1.82, 2.24) is 0 Å². The van der Waals surface area contributed by atoms with E-state index in [0.717, 1.165) is 49.1 Å². The summed E-state index contributed by atoms with van der Waals surface area (Å²) in [6.45, 7) is 1.89. The molecule has 0 bridgehead atoms. The smallest absolute Gasteiger partial charge is 0.148 e. The van der Waals surface area contributed by atoms with Gasteiger partial charge in [-0.3, -0.25) is 0 Å². The average molecular weight is 342 g/mol. The molecule has 1 aliphatic rings. The third kappa shape index (κ3) is 3.36. The van der Waals surface area contributed by atoms with E-state index in [-0.39, 0.29) is 5.66 Å². The van der Waals surface area contributed by atoms with Gasteiger partial charge in [-0.05, 0) is 19.8 Å². The van der Waals surface area contributed by atoms with Crippen molar-refractivity contribution in [2.24, 2.45) is 0 Å². The van der Waals surface area contributed by atoms with E-state index < -0.39 is 12.7 Å². The zero-order valence-corrected chi connectivity index (χ0v) is 15.3. The molecule has 1 aliphatic carbocycles. The summed E-state index contributed by atoms with van der Waals surface area (Å²) in [6, 6.07) is 19.5. The number of hydrogen-bond acceptors (Lipinski definition) is 2. The minimum Gasteiger partial charge on any atom is -0.389 e. The van der Waals surface area contributed by atoms with Gasteiger partial charge in [0.1, 0.15) is 7.14 Å². The zero-order valence-electron chi connectivity index (χ0n) is 14.4. The van der Waals surface area contributed by atoms with Gasteiger partial charge in [0.05, 0.1) is 5.60 Å². The van der Waals surface area contributed by atoms with Crippen LogP contribution in [-0.4, -0.2) is 16.4 Å². The summed E-state index contributed by atoms with van der Waals surface area (Å²) < 4.78 is 14.5. The molecule has 128 valence electrons. The number of hydrogen-bond donors (Lipinski definition) is 1. The second-order valence-corrected chi connectivity index (χ2v) is 10.1. The molecule has 0 amide bonds. The summed E-state index contributed by atoms with van der Waals surface area (Å²) in [7, 11) is -2.92. The SMILES string of the molecule is C[C@]1(O)CCCCCC[C@H]1P(=O)(c1ccccc1)c1ccccc1. The number of rotatable bonds is 3. The molecule has 0 spiro atoms. The van der Waals surface area contributed by atoms with E-state index in [0.29, 0.717) is 0 Å². The highest BCUT2D eigenvalue weighted by Gasteiger charge is 2.46. The second-order valence-electron chi connectivity index (χ2n) is 7.15. The first-order valence-electron chi connectivity index (χ1n) is 8.98. The van der Waals surface area contributed by atoms with Crippen LogP contribution >= 0.6 is 7.14 Å². The Morgan fingerprint density at radius 3 is 1.92 bits per heavy atom. The molecule has 2 aromatic carbocycles. The molecule has 0 saturated heterocycles. The van der Waals surface area contributed by atoms with E-state index in [1.165, 1.54) is 0 Å². The molecule has 0 aliphatic heterocycles. The molecule has 3 heteroatoms. The van der Waals surface area contributed by atoms with E-state index in [2.05, 4.69) is 0 Å². The highest BCUT2D eigenvalue weighted by Crippen LogP contribution is 2.55. The van der Waals surface area contributed by atoms with Crippen molar-refractivity contribution in [3.05, 3.63) is 60.7 Å². The largest absolute Gasteiger partial charge is 0.389 e. The maximum absolute atomic E-state index is 14.5. The Bertz CT molecular complexity index is 651. The maximum atomic E-state index is 14.5. The van der Waals surface area contributed by atoms with Gasteiger partial charge in [-0.15, -0.1) is 0 Å². The number of aliphatic hydroxyl groups is 1. The van der Waals surface area contributed by atoms with Crippen LogP contribution in [0.1, 0.15) is 45.4 Å². The fraction of sp³-hybridized carbons (Fsp3) is 0.429. The maximum Gasteiger partial charge on any atom is 0.148 e. The van der Waals surface area contributed by atoms with Crippen LogP contribution < -0.4 is 10.6 Å². The first-order chi connectivity index (χ1) is 11.5. The first kappa shape index (κ1) is 17.5. The Balaban J connectivity index is 2.15. The molecule has 0 unspecified atom stereocenters. The van der Waals surface area contributed by atoms with Gasteiger partial charge in [0.15, 0.2) is 0 Å². The summed E-state index contributed by atoms with van der Waals surface area (Å²) in [5.41, 5.74) is -1.13. The fourth-order valence-corrected chi connectivity index (χ4v) is 7.74. The Labute approximate surface area is 145 Å². The fourth-order valence-electron chi connectivity index (χ4n) is 4.03. The molecule has 2 nitrogen and oxygen atoms in total. The summed E-state index contributed by atoms with van der Waals surface area (Å²) >= 11 is 0. The molecular formula is C21H27O2P. The highest BCUT2D eigenvalue weighted by molar-refractivity contribution is 7.79. The highest BCUT2D eigenvalue weighted by atomic mass is 31.2. The quantitative estimate of drug-likeness (QED) is 0.836. The summed E-state index contributed by atoms with van der Waals surface area (Å²) in [6.07, 6.45) is 5.90. The van der Waals surface area contributed by atoms with Crippen molar-refractivity contribution in [3.63, 3.8) is 0 Å². The molecule has 0 heterocycles. The molecule has 0 radical (unpaired) electrons. The Hall–Kier alpha value is -1.37. The predicted octanol–water partition coefficient (Wildman–Crippen LogP) is 4.47. The van der Waals surface area contributed by atoms with Gasteiger partial charge in [-0.1, -0.05) is 86.3 Å². The van der Waals surface area contributed by atoms with Crippen molar-refractivity contribution in [1.29, 1.82) is 0 Å². The van der Waals surface area contributed by atoms with E-state index in [1.54, 1.807) is 0 Å². The minimum absolute atomic E-state index is 0.227. The van der Waals surface area contributed by atoms with E-state index >= 15 is 0 Å². The number of benzene rings is 2. The van der Waals surface area contributed by atoms with Gasteiger partial charge in [-0.2, -0.15) is 0 Å². The van der Waals surface area contributed by atoms with Gasteiger partial charge in [0.2, 0.25) is 0 Å². The van der Waals surface area contributed by atoms with Crippen molar-refractivity contribution >= 4 is 17.8 Å². The van der Waals surface area contributed by atoms with Crippen LogP contribution in [0.3, 0.4) is 0 Å². The van der Waals surface area contributed by atoms with Crippen LogP contribution in [0.2, 0.25) is 0 Å². The van der Waals surface area contributed by atoms with Gasteiger partial charge in [0, 0.05) is 16.3 Å². The third-order valence-corrected chi connectivity index (χ3v) is 9.17. The van der Waals surface area contributed by atoms with Crippen molar-refractivity contribution < 1.29 is 9.67 Å². The average Bonchev–Trinajstić information content (AvgIpc) is 2.60. The lowest BCUT2D eigenvalue weighted by Gasteiger charge is -2.40. The third-order valence-electron chi connectivity index (χ3n) is 5.35. The topological polar surface area (TPSA) is 37.3 Å². The van der Waals surface area contributed by atoms with E-state index in [1.807, 2.05) is 67.6 Å².